The highest BCUT2D eigenvalue weighted by atomic mass is 32.1. The summed E-state index contributed by atoms with van der Waals surface area (Å²) >= 11 is 1.70. The molecule has 0 fully saturated rings. The Kier molecular flexibility index (Phi) is 5.50. The van der Waals surface area contributed by atoms with E-state index in [1.165, 1.54) is 4.88 Å². The molecule has 0 radical (unpaired) electrons. The molecular weight excluding hydrogens is 334 g/mol. The zero-order valence-electron chi connectivity index (χ0n) is 14.4. The molecule has 1 N–H and O–H groups in total. The molecule has 130 valence electrons. The number of aryl methyl sites for hydroxylation is 1. The highest BCUT2D eigenvalue weighted by Crippen LogP contribution is 2.23. The van der Waals surface area contributed by atoms with Crippen molar-refractivity contribution in [3.63, 3.8) is 0 Å². The van der Waals surface area contributed by atoms with E-state index in [1.54, 1.807) is 18.4 Å². The molecule has 0 atom stereocenters. The Bertz CT molecular complexity index is 823. The van der Waals surface area contributed by atoms with Crippen LogP contribution in [0.25, 0.3) is 11.3 Å². The number of ether oxygens (including phenoxy) is 1. The predicted molar refractivity (Wildman–Crippen MR) is 100 cm³/mol. The lowest BCUT2D eigenvalue weighted by Gasteiger charge is -2.05. The molecule has 25 heavy (non-hydrogen) atoms. The van der Waals surface area contributed by atoms with E-state index in [0.29, 0.717) is 18.8 Å². The Labute approximate surface area is 151 Å². The third kappa shape index (κ3) is 4.09. The molecule has 6 heteroatoms. The predicted octanol–water partition coefficient (Wildman–Crippen LogP) is 3.61. The summed E-state index contributed by atoms with van der Waals surface area (Å²) in [5.41, 5.74) is 2.38. The Hall–Kier alpha value is -2.60. The van der Waals surface area contributed by atoms with Crippen LogP contribution in [0, 0.1) is 0 Å². The van der Waals surface area contributed by atoms with Crippen LogP contribution in [0.5, 0.6) is 5.75 Å². The molecule has 3 aromatic rings. The van der Waals surface area contributed by atoms with Gasteiger partial charge in [0.15, 0.2) is 5.69 Å². The van der Waals surface area contributed by atoms with E-state index in [1.807, 2.05) is 53.4 Å². The molecular formula is C19H21N3O2S. The van der Waals surface area contributed by atoms with Crippen molar-refractivity contribution in [2.75, 3.05) is 13.7 Å². The quantitative estimate of drug-likeness (QED) is 0.704. The molecule has 0 saturated carbocycles. The van der Waals surface area contributed by atoms with Gasteiger partial charge in [-0.2, -0.15) is 5.10 Å². The summed E-state index contributed by atoms with van der Waals surface area (Å²) in [6.45, 7) is 3.32. The zero-order chi connectivity index (χ0) is 17.6. The number of carbonyl (C=O) groups excluding carboxylic acids is 1. The first-order valence-corrected chi connectivity index (χ1v) is 9.12. The lowest BCUT2D eigenvalue weighted by Crippen LogP contribution is -2.26. The smallest absolute Gasteiger partial charge is 0.271 e. The number of methoxy groups -OCH3 is 1. The number of hydrogen-bond acceptors (Lipinski definition) is 4. The fourth-order valence-corrected chi connectivity index (χ4v) is 3.32. The highest BCUT2D eigenvalue weighted by molar-refractivity contribution is 7.09. The van der Waals surface area contributed by atoms with Crippen molar-refractivity contribution in [2.24, 2.45) is 0 Å². The Morgan fingerprint density at radius 1 is 1.28 bits per heavy atom. The minimum absolute atomic E-state index is 0.140. The second kappa shape index (κ2) is 7.98. The van der Waals surface area contributed by atoms with Gasteiger partial charge in [0, 0.05) is 23.5 Å². The van der Waals surface area contributed by atoms with Gasteiger partial charge >= 0.3 is 0 Å². The van der Waals surface area contributed by atoms with Crippen molar-refractivity contribution < 1.29 is 9.53 Å². The normalized spacial score (nSPS) is 10.6. The summed E-state index contributed by atoms with van der Waals surface area (Å²) in [6, 6.07) is 13.7. The molecule has 2 heterocycles. The van der Waals surface area contributed by atoms with Crippen LogP contribution < -0.4 is 10.1 Å². The fraction of sp³-hybridized carbons (Fsp3) is 0.263. The third-order valence-electron chi connectivity index (χ3n) is 3.93. The van der Waals surface area contributed by atoms with Gasteiger partial charge in [0.25, 0.3) is 5.91 Å². The minimum atomic E-state index is -0.140. The standard InChI is InChI=1S/C19H21N3O2S/c1-3-22-18(14-6-8-15(24-2)9-7-14)13-17(21-22)19(23)20-11-10-16-5-4-12-25-16/h4-9,12-13H,3,10-11H2,1-2H3,(H,20,23). The maximum absolute atomic E-state index is 12.4. The monoisotopic (exact) mass is 355 g/mol. The lowest BCUT2D eigenvalue weighted by molar-refractivity contribution is 0.0948. The fourth-order valence-electron chi connectivity index (χ4n) is 2.61. The molecule has 0 saturated heterocycles. The summed E-state index contributed by atoms with van der Waals surface area (Å²) in [5.74, 6) is 0.663. The van der Waals surface area contributed by atoms with Gasteiger partial charge in [-0.1, -0.05) is 6.07 Å². The Morgan fingerprint density at radius 2 is 2.08 bits per heavy atom. The van der Waals surface area contributed by atoms with E-state index in [4.69, 9.17) is 4.74 Å². The van der Waals surface area contributed by atoms with Gasteiger partial charge in [-0.3, -0.25) is 9.48 Å². The van der Waals surface area contributed by atoms with Crippen LogP contribution in [0.2, 0.25) is 0 Å². The molecule has 0 aliphatic carbocycles. The van der Waals surface area contributed by atoms with Crippen molar-refractivity contribution >= 4 is 17.2 Å². The molecule has 3 rings (SSSR count). The average molecular weight is 355 g/mol. The van der Waals surface area contributed by atoms with Crippen LogP contribution in [0.15, 0.2) is 47.8 Å². The number of hydrogen-bond donors (Lipinski definition) is 1. The van der Waals surface area contributed by atoms with Crippen LogP contribution in [0.1, 0.15) is 22.3 Å². The number of thiophene rings is 1. The van der Waals surface area contributed by atoms with Crippen LogP contribution in [-0.4, -0.2) is 29.3 Å². The highest BCUT2D eigenvalue weighted by Gasteiger charge is 2.14. The average Bonchev–Trinajstić information content (AvgIpc) is 3.31. The van der Waals surface area contributed by atoms with E-state index in [2.05, 4.69) is 16.5 Å². The van der Waals surface area contributed by atoms with Crippen molar-refractivity contribution in [3.05, 3.63) is 58.4 Å². The van der Waals surface area contributed by atoms with Crippen molar-refractivity contribution in [1.29, 1.82) is 0 Å². The molecule has 0 bridgehead atoms. The van der Waals surface area contributed by atoms with Gasteiger partial charge in [0.1, 0.15) is 5.75 Å². The number of benzene rings is 1. The summed E-state index contributed by atoms with van der Waals surface area (Å²) < 4.78 is 7.04. The van der Waals surface area contributed by atoms with Crippen molar-refractivity contribution in [1.82, 2.24) is 15.1 Å². The summed E-state index contributed by atoms with van der Waals surface area (Å²) in [4.78, 5) is 13.6. The third-order valence-corrected chi connectivity index (χ3v) is 4.87. The first-order chi connectivity index (χ1) is 12.2. The number of rotatable bonds is 7. The number of carbonyl (C=O) groups is 1. The Balaban J connectivity index is 1.71. The number of amides is 1. The van der Waals surface area contributed by atoms with Crippen molar-refractivity contribution in [2.45, 2.75) is 19.9 Å². The zero-order valence-corrected chi connectivity index (χ0v) is 15.2. The van der Waals surface area contributed by atoms with Gasteiger partial charge in [0.2, 0.25) is 0 Å². The summed E-state index contributed by atoms with van der Waals surface area (Å²) in [5, 5.41) is 9.43. The van der Waals surface area contributed by atoms with Crippen LogP contribution in [0.4, 0.5) is 0 Å². The number of aromatic nitrogens is 2. The molecule has 0 unspecified atom stereocenters. The molecule has 0 aliphatic rings. The van der Waals surface area contributed by atoms with Crippen LogP contribution in [0.3, 0.4) is 0 Å². The Morgan fingerprint density at radius 3 is 2.72 bits per heavy atom. The van der Waals surface area contributed by atoms with Gasteiger partial charge in [-0.15, -0.1) is 11.3 Å². The van der Waals surface area contributed by atoms with E-state index < -0.39 is 0 Å². The molecule has 1 amide bonds. The molecule has 1 aromatic carbocycles. The van der Waals surface area contributed by atoms with E-state index in [0.717, 1.165) is 23.4 Å². The number of nitrogens with one attached hydrogen (secondary N) is 1. The summed E-state index contributed by atoms with van der Waals surface area (Å²) in [6.07, 6.45) is 0.837. The minimum Gasteiger partial charge on any atom is -0.497 e. The maximum Gasteiger partial charge on any atom is 0.271 e. The van der Waals surface area contributed by atoms with Crippen molar-refractivity contribution in [3.8, 4) is 17.0 Å². The van der Waals surface area contributed by atoms with E-state index in [9.17, 15) is 4.79 Å². The van der Waals surface area contributed by atoms with Gasteiger partial charge in [-0.05, 0) is 55.1 Å². The van der Waals surface area contributed by atoms with Crippen LogP contribution in [-0.2, 0) is 13.0 Å². The van der Waals surface area contributed by atoms with Gasteiger partial charge in [-0.25, -0.2) is 0 Å². The van der Waals surface area contributed by atoms with E-state index >= 15 is 0 Å². The lowest BCUT2D eigenvalue weighted by atomic mass is 10.1. The molecule has 2 aromatic heterocycles. The van der Waals surface area contributed by atoms with Gasteiger partial charge in [0.05, 0.1) is 12.8 Å². The van der Waals surface area contributed by atoms with Crippen LogP contribution >= 0.6 is 11.3 Å². The topological polar surface area (TPSA) is 56.2 Å². The molecule has 0 aliphatic heterocycles. The first-order valence-electron chi connectivity index (χ1n) is 8.24. The maximum atomic E-state index is 12.4. The van der Waals surface area contributed by atoms with Gasteiger partial charge < -0.3 is 10.1 Å². The number of nitrogens with zero attached hydrogens (tertiary/aromatic N) is 2. The second-order valence-corrected chi connectivity index (χ2v) is 6.58. The molecule has 0 spiro atoms. The largest absolute Gasteiger partial charge is 0.497 e. The summed E-state index contributed by atoms with van der Waals surface area (Å²) in [7, 11) is 1.64. The molecule has 5 nitrogen and oxygen atoms in total. The first kappa shape index (κ1) is 17.2. The second-order valence-electron chi connectivity index (χ2n) is 5.54. The SMILES string of the molecule is CCn1nc(C(=O)NCCc2cccs2)cc1-c1ccc(OC)cc1. The van der Waals surface area contributed by atoms with E-state index in [-0.39, 0.29) is 5.91 Å².